The topological polar surface area (TPSA) is 47.0 Å². The maximum Gasteiger partial charge on any atom is 0.144 e. The molecule has 2 rings (SSSR count). The van der Waals surface area contributed by atoms with E-state index >= 15 is 0 Å². The van der Waals surface area contributed by atoms with Crippen molar-refractivity contribution in [2.45, 2.75) is 26.7 Å². The van der Waals surface area contributed by atoms with Gasteiger partial charge in [-0.1, -0.05) is 32.0 Å². The second-order valence-electron chi connectivity index (χ2n) is 5.01. The lowest BCUT2D eigenvalue weighted by Crippen LogP contribution is -2.13. The van der Waals surface area contributed by atoms with Crippen molar-refractivity contribution in [3.63, 3.8) is 0 Å². The van der Waals surface area contributed by atoms with E-state index in [0.29, 0.717) is 19.1 Å². The maximum atomic E-state index is 5.84. The summed E-state index contributed by atoms with van der Waals surface area (Å²) in [5, 5.41) is 3.21. The molecule has 1 heterocycles. The van der Waals surface area contributed by atoms with Gasteiger partial charge < -0.3 is 10.1 Å². The Bertz CT molecular complexity index is 555. The minimum Gasteiger partial charge on any atom is -0.491 e. The molecule has 0 fully saturated rings. The monoisotopic (exact) mass is 271 g/mol. The zero-order valence-electron chi connectivity index (χ0n) is 12.3. The molecule has 20 heavy (non-hydrogen) atoms. The Labute approximate surface area is 120 Å². The van der Waals surface area contributed by atoms with E-state index < -0.39 is 0 Å². The first-order valence-corrected chi connectivity index (χ1v) is 6.91. The van der Waals surface area contributed by atoms with Gasteiger partial charge in [-0.05, 0) is 24.5 Å². The molecular formula is C16H21N3O. The van der Waals surface area contributed by atoms with Gasteiger partial charge in [-0.3, -0.25) is 4.98 Å². The van der Waals surface area contributed by atoms with E-state index in [2.05, 4.69) is 35.2 Å². The number of hydrogen-bond donors (Lipinski definition) is 1. The SMILES string of the molecule is Cc1cncc(NCCOc2ccccc2C(C)C)n1. The molecule has 0 atom stereocenters. The molecule has 1 aromatic heterocycles. The lowest BCUT2D eigenvalue weighted by atomic mass is 10.0. The third-order valence-electron chi connectivity index (χ3n) is 2.96. The van der Waals surface area contributed by atoms with E-state index in [9.17, 15) is 0 Å². The number of benzene rings is 1. The minimum atomic E-state index is 0.460. The number of aromatic nitrogens is 2. The zero-order chi connectivity index (χ0) is 14.4. The van der Waals surface area contributed by atoms with Crippen LogP contribution < -0.4 is 10.1 Å². The lowest BCUT2D eigenvalue weighted by molar-refractivity contribution is 0.328. The highest BCUT2D eigenvalue weighted by atomic mass is 16.5. The lowest BCUT2D eigenvalue weighted by Gasteiger charge is -2.14. The summed E-state index contributed by atoms with van der Waals surface area (Å²) < 4.78 is 5.84. The Morgan fingerprint density at radius 3 is 2.75 bits per heavy atom. The van der Waals surface area contributed by atoms with E-state index in [1.54, 1.807) is 12.4 Å². The van der Waals surface area contributed by atoms with Gasteiger partial charge in [0.05, 0.1) is 18.4 Å². The summed E-state index contributed by atoms with van der Waals surface area (Å²) in [5.74, 6) is 2.20. The molecule has 0 saturated carbocycles. The Hall–Kier alpha value is -2.10. The number of aryl methyl sites for hydroxylation is 1. The Kier molecular flexibility index (Phi) is 4.93. The molecule has 0 aliphatic heterocycles. The molecule has 0 aliphatic carbocycles. The van der Waals surface area contributed by atoms with Crippen molar-refractivity contribution in [3.8, 4) is 5.75 Å². The van der Waals surface area contributed by atoms with Crippen molar-refractivity contribution in [2.24, 2.45) is 0 Å². The van der Waals surface area contributed by atoms with Gasteiger partial charge in [0, 0.05) is 6.20 Å². The summed E-state index contributed by atoms with van der Waals surface area (Å²) in [6, 6.07) is 8.17. The molecule has 1 aromatic carbocycles. The normalized spacial score (nSPS) is 10.6. The van der Waals surface area contributed by atoms with Gasteiger partial charge in [0.25, 0.3) is 0 Å². The van der Waals surface area contributed by atoms with Crippen LogP contribution in [-0.4, -0.2) is 23.1 Å². The number of ether oxygens (including phenoxy) is 1. The average molecular weight is 271 g/mol. The number of hydrogen-bond acceptors (Lipinski definition) is 4. The first-order valence-electron chi connectivity index (χ1n) is 6.91. The third kappa shape index (κ3) is 3.95. The third-order valence-corrected chi connectivity index (χ3v) is 2.96. The smallest absolute Gasteiger partial charge is 0.144 e. The molecule has 0 amide bonds. The fraction of sp³-hybridized carbons (Fsp3) is 0.375. The molecule has 106 valence electrons. The zero-order valence-corrected chi connectivity index (χ0v) is 12.3. The van der Waals surface area contributed by atoms with Crippen LogP contribution in [-0.2, 0) is 0 Å². The second-order valence-corrected chi connectivity index (χ2v) is 5.01. The fourth-order valence-electron chi connectivity index (χ4n) is 1.98. The van der Waals surface area contributed by atoms with Gasteiger partial charge >= 0.3 is 0 Å². The fourth-order valence-corrected chi connectivity index (χ4v) is 1.98. The first-order chi connectivity index (χ1) is 9.66. The predicted molar refractivity (Wildman–Crippen MR) is 81.3 cm³/mol. The molecule has 0 unspecified atom stereocenters. The maximum absolute atomic E-state index is 5.84. The number of nitrogens with zero attached hydrogens (tertiary/aromatic N) is 2. The van der Waals surface area contributed by atoms with E-state index in [-0.39, 0.29) is 0 Å². The van der Waals surface area contributed by atoms with Crippen molar-refractivity contribution in [2.75, 3.05) is 18.5 Å². The molecule has 4 nitrogen and oxygen atoms in total. The molecule has 0 aliphatic rings. The predicted octanol–water partition coefficient (Wildman–Crippen LogP) is 3.40. The van der Waals surface area contributed by atoms with E-state index in [0.717, 1.165) is 17.3 Å². The molecule has 0 radical (unpaired) electrons. The van der Waals surface area contributed by atoms with Crippen molar-refractivity contribution in [1.82, 2.24) is 9.97 Å². The summed E-state index contributed by atoms with van der Waals surface area (Å²) >= 11 is 0. The molecule has 0 saturated heterocycles. The number of para-hydroxylation sites is 1. The summed E-state index contributed by atoms with van der Waals surface area (Å²) in [4.78, 5) is 8.43. The molecular weight excluding hydrogens is 250 g/mol. The van der Waals surface area contributed by atoms with Crippen LogP contribution >= 0.6 is 0 Å². The van der Waals surface area contributed by atoms with Crippen LogP contribution in [0.15, 0.2) is 36.7 Å². The number of anilines is 1. The molecule has 0 spiro atoms. The quantitative estimate of drug-likeness (QED) is 0.818. The summed E-state index contributed by atoms with van der Waals surface area (Å²) in [5.41, 5.74) is 2.14. The van der Waals surface area contributed by atoms with Gasteiger partial charge in [0.2, 0.25) is 0 Å². The number of nitrogens with one attached hydrogen (secondary N) is 1. The Morgan fingerprint density at radius 1 is 1.20 bits per heavy atom. The standard InChI is InChI=1S/C16H21N3O/c1-12(2)14-6-4-5-7-15(14)20-9-8-18-16-11-17-10-13(3)19-16/h4-7,10-12H,8-9H2,1-3H3,(H,18,19). The van der Waals surface area contributed by atoms with E-state index in [1.165, 1.54) is 5.56 Å². The highest BCUT2D eigenvalue weighted by Crippen LogP contribution is 2.25. The van der Waals surface area contributed by atoms with Crippen LogP contribution in [0.2, 0.25) is 0 Å². The van der Waals surface area contributed by atoms with Gasteiger partial charge in [-0.15, -0.1) is 0 Å². The van der Waals surface area contributed by atoms with E-state index in [1.807, 2.05) is 25.1 Å². The largest absolute Gasteiger partial charge is 0.491 e. The van der Waals surface area contributed by atoms with Crippen LogP contribution in [0, 0.1) is 6.92 Å². The summed E-state index contributed by atoms with van der Waals surface area (Å²) in [7, 11) is 0. The summed E-state index contributed by atoms with van der Waals surface area (Å²) in [6.45, 7) is 7.56. The highest BCUT2D eigenvalue weighted by Gasteiger charge is 2.06. The Balaban J connectivity index is 1.84. The van der Waals surface area contributed by atoms with Crippen molar-refractivity contribution < 1.29 is 4.74 Å². The number of rotatable bonds is 6. The van der Waals surface area contributed by atoms with Crippen LogP contribution in [0.1, 0.15) is 31.0 Å². The van der Waals surface area contributed by atoms with Crippen LogP contribution in [0.4, 0.5) is 5.82 Å². The van der Waals surface area contributed by atoms with Gasteiger partial charge in [-0.25, -0.2) is 4.98 Å². The second kappa shape index (κ2) is 6.89. The van der Waals surface area contributed by atoms with Crippen LogP contribution in [0.5, 0.6) is 5.75 Å². The summed E-state index contributed by atoms with van der Waals surface area (Å²) in [6.07, 6.45) is 3.45. The first kappa shape index (κ1) is 14.3. The van der Waals surface area contributed by atoms with Crippen molar-refractivity contribution >= 4 is 5.82 Å². The van der Waals surface area contributed by atoms with Crippen molar-refractivity contribution in [3.05, 3.63) is 47.9 Å². The Morgan fingerprint density at radius 2 is 2.00 bits per heavy atom. The van der Waals surface area contributed by atoms with E-state index in [4.69, 9.17) is 4.74 Å². The van der Waals surface area contributed by atoms with Gasteiger partial charge in [0.15, 0.2) is 0 Å². The van der Waals surface area contributed by atoms with Gasteiger partial charge in [-0.2, -0.15) is 0 Å². The average Bonchev–Trinajstić information content (AvgIpc) is 2.44. The van der Waals surface area contributed by atoms with Gasteiger partial charge in [0.1, 0.15) is 18.2 Å². The van der Waals surface area contributed by atoms with Crippen LogP contribution in [0.3, 0.4) is 0 Å². The highest BCUT2D eigenvalue weighted by molar-refractivity contribution is 5.36. The minimum absolute atomic E-state index is 0.460. The van der Waals surface area contributed by atoms with Crippen molar-refractivity contribution in [1.29, 1.82) is 0 Å². The molecule has 0 bridgehead atoms. The molecule has 1 N–H and O–H groups in total. The molecule has 2 aromatic rings. The van der Waals surface area contributed by atoms with Crippen LogP contribution in [0.25, 0.3) is 0 Å². The molecule has 4 heteroatoms.